The van der Waals surface area contributed by atoms with Gasteiger partial charge >= 0.3 is 0 Å². The number of hydrogen-bond donors (Lipinski definition) is 1. The normalized spacial score (nSPS) is 11.3. The second-order valence-corrected chi connectivity index (χ2v) is 6.62. The number of rotatable bonds is 3. The summed E-state index contributed by atoms with van der Waals surface area (Å²) in [6.45, 7) is 5.47. The molecule has 0 radical (unpaired) electrons. The van der Waals surface area contributed by atoms with Crippen LogP contribution in [0.4, 0.5) is 10.2 Å². The first-order valence-electron chi connectivity index (χ1n) is 6.94. The van der Waals surface area contributed by atoms with Crippen molar-refractivity contribution in [1.82, 2.24) is 4.98 Å². The Labute approximate surface area is 138 Å². The van der Waals surface area contributed by atoms with E-state index in [1.807, 2.05) is 26.8 Å². The van der Waals surface area contributed by atoms with Crippen LogP contribution in [0.3, 0.4) is 0 Å². The summed E-state index contributed by atoms with van der Waals surface area (Å²) in [5.41, 5.74) is 1.25. The van der Waals surface area contributed by atoms with E-state index in [0.717, 1.165) is 5.56 Å². The summed E-state index contributed by atoms with van der Waals surface area (Å²) in [7, 11) is 0. The van der Waals surface area contributed by atoms with Gasteiger partial charge in [-0.3, -0.25) is 4.79 Å². The average Bonchev–Trinajstić information content (AvgIpc) is 2.46. The summed E-state index contributed by atoms with van der Waals surface area (Å²) in [4.78, 5) is 16.3. The van der Waals surface area contributed by atoms with E-state index >= 15 is 0 Å². The first-order chi connectivity index (χ1) is 10.3. The molecule has 1 amide bonds. The summed E-state index contributed by atoms with van der Waals surface area (Å²) in [5.74, 6) is -0.0441. The van der Waals surface area contributed by atoms with Gasteiger partial charge in [0.05, 0.1) is 5.69 Å². The molecule has 0 saturated heterocycles. The second kappa shape index (κ2) is 6.57. The van der Waals surface area contributed by atoms with Gasteiger partial charge in [-0.15, -0.1) is 0 Å². The lowest BCUT2D eigenvalue weighted by Crippen LogP contribution is -2.28. The highest BCUT2D eigenvalue weighted by Crippen LogP contribution is 2.24. The maximum absolute atomic E-state index is 14.2. The van der Waals surface area contributed by atoms with Crippen LogP contribution in [0.1, 0.15) is 26.3 Å². The number of anilines is 1. The molecule has 0 fully saturated rings. The zero-order chi connectivity index (χ0) is 16.3. The number of nitrogens with zero attached hydrogens (tertiary/aromatic N) is 1. The van der Waals surface area contributed by atoms with Gasteiger partial charge in [-0.25, -0.2) is 9.37 Å². The minimum absolute atomic E-state index is 0.132. The number of carbonyl (C=O) groups is 1. The zero-order valence-corrected chi connectivity index (χ0v) is 14.4. The highest BCUT2D eigenvalue weighted by atomic mass is 79.9. The van der Waals surface area contributed by atoms with Gasteiger partial charge in [0.1, 0.15) is 11.6 Å². The molecule has 1 N–H and O–H groups in total. The molecule has 5 heteroatoms. The topological polar surface area (TPSA) is 42.0 Å². The van der Waals surface area contributed by atoms with Gasteiger partial charge in [0.15, 0.2) is 0 Å². The van der Waals surface area contributed by atoms with Crippen LogP contribution in [0.5, 0.6) is 0 Å². The van der Waals surface area contributed by atoms with E-state index in [1.54, 1.807) is 24.3 Å². The molecule has 0 atom stereocenters. The third kappa shape index (κ3) is 3.91. The Kier molecular flexibility index (Phi) is 4.96. The van der Waals surface area contributed by atoms with Gasteiger partial charge in [-0.05, 0) is 29.8 Å². The highest BCUT2D eigenvalue weighted by molar-refractivity contribution is 9.08. The van der Waals surface area contributed by atoms with Crippen LogP contribution in [0.15, 0.2) is 36.4 Å². The molecule has 0 saturated carbocycles. The van der Waals surface area contributed by atoms with Crippen molar-refractivity contribution in [2.45, 2.75) is 26.1 Å². The van der Waals surface area contributed by atoms with E-state index in [0.29, 0.717) is 22.4 Å². The molecule has 0 aliphatic rings. The van der Waals surface area contributed by atoms with E-state index in [9.17, 15) is 9.18 Å². The van der Waals surface area contributed by atoms with Gasteiger partial charge in [0.2, 0.25) is 5.91 Å². The number of nitrogens with one attached hydrogen (secondary N) is 1. The van der Waals surface area contributed by atoms with Gasteiger partial charge < -0.3 is 5.32 Å². The van der Waals surface area contributed by atoms with Crippen molar-refractivity contribution < 1.29 is 9.18 Å². The smallest absolute Gasteiger partial charge is 0.230 e. The number of aromatic nitrogens is 1. The number of alkyl halides is 1. The van der Waals surface area contributed by atoms with Crippen LogP contribution in [0, 0.1) is 11.2 Å². The fourth-order valence-electron chi connectivity index (χ4n) is 1.81. The number of pyridine rings is 1. The molecule has 0 aliphatic carbocycles. The Morgan fingerprint density at radius 1 is 1.27 bits per heavy atom. The number of benzene rings is 1. The van der Waals surface area contributed by atoms with Crippen molar-refractivity contribution in [2.24, 2.45) is 5.41 Å². The summed E-state index contributed by atoms with van der Waals surface area (Å²) >= 11 is 3.30. The Balaban J connectivity index is 2.31. The van der Waals surface area contributed by atoms with E-state index < -0.39 is 5.41 Å². The number of amides is 1. The standard InChI is InChI=1S/C17H18BrFN2O/c1-17(2,3)16(22)21-15-6-4-5-14(20-15)12-8-7-11(10-18)9-13(12)19/h4-9H,10H2,1-3H3,(H,20,21,22). The first kappa shape index (κ1) is 16.6. The van der Waals surface area contributed by atoms with Crippen LogP contribution in [0.2, 0.25) is 0 Å². The predicted octanol–water partition coefficient (Wildman–Crippen LogP) is 4.77. The molecular formula is C17H18BrFN2O. The molecule has 22 heavy (non-hydrogen) atoms. The first-order valence-corrected chi connectivity index (χ1v) is 8.06. The molecule has 2 aromatic rings. The molecule has 116 valence electrons. The highest BCUT2D eigenvalue weighted by Gasteiger charge is 2.21. The summed E-state index contributed by atoms with van der Waals surface area (Å²) in [6, 6.07) is 10.2. The van der Waals surface area contributed by atoms with Gasteiger partial charge in [0.25, 0.3) is 0 Å². The van der Waals surface area contributed by atoms with Crippen molar-refractivity contribution in [1.29, 1.82) is 0 Å². The summed E-state index contributed by atoms with van der Waals surface area (Å²) in [5, 5.41) is 3.35. The largest absolute Gasteiger partial charge is 0.310 e. The summed E-state index contributed by atoms with van der Waals surface area (Å²) < 4.78 is 14.2. The molecule has 2 rings (SSSR count). The van der Waals surface area contributed by atoms with Crippen molar-refractivity contribution in [3.8, 4) is 11.3 Å². The van der Waals surface area contributed by atoms with Crippen LogP contribution in [-0.4, -0.2) is 10.9 Å². The fraction of sp³-hybridized carbons (Fsp3) is 0.294. The third-order valence-electron chi connectivity index (χ3n) is 3.14. The summed E-state index contributed by atoms with van der Waals surface area (Å²) in [6.07, 6.45) is 0. The molecule has 0 spiro atoms. The second-order valence-electron chi connectivity index (χ2n) is 6.06. The lowest BCUT2D eigenvalue weighted by atomic mass is 9.96. The lowest BCUT2D eigenvalue weighted by Gasteiger charge is -2.17. The van der Waals surface area contributed by atoms with E-state index in [1.165, 1.54) is 6.07 Å². The maximum Gasteiger partial charge on any atom is 0.230 e. The molecule has 0 bridgehead atoms. The molecule has 0 aliphatic heterocycles. The minimum atomic E-state index is -0.513. The van der Waals surface area contributed by atoms with Gasteiger partial charge in [-0.1, -0.05) is 48.8 Å². The molecule has 3 nitrogen and oxygen atoms in total. The Hall–Kier alpha value is -1.75. The zero-order valence-electron chi connectivity index (χ0n) is 12.8. The quantitative estimate of drug-likeness (QED) is 0.797. The number of halogens is 2. The van der Waals surface area contributed by atoms with Crippen LogP contribution in [-0.2, 0) is 10.1 Å². The number of carbonyl (C=O) groups excluding carboxylic acids is 1. The molecule has 0 unspecified atom stereocenters. The predicted molar refractivity (Wildman–Crippen MR) is 90.3 cm³/mol. The van der Waals surface area contributed by atoms with E-state index in [2.05, 4.69) is 26.2 Å². The van der Waals surface area contributed by atoms with E-state index in [-0.39, 0.29) is 11.7 Å². The minimum Gasteiger partial charge on any atom is -0.310 e. The third-order valence-corrected chi connectivity index (χ3v) is 3.78. The van der Waals surface area contributed by atoms with Crippen molar-refractivity contribution >= 4 is 27.7 Å². The van der Waals surface area contributed by atoms with Crippen molar-refractivity contribution in [3.05, 3.63) is 47.8 Å². The SMILES string of the molecule is CC(C)(C)C(=O)Nc1cccc(-c2ccc(CBr)cc2F)n1. The fourth-order valence-corrected chi connectivity index (χ4v) is 2.16. The Morgan fingerprint density at radius 3 is 2.59 bits per heavy atom. The van der Waals surface area contributed by atoms with E-state index in [4.69, 9.17) is 0 Å². The van der Waals surface area contributed by atoms with Crippen LogP contribution >= 0.6 is 15.9 Å². The number of hydrogen-bond acceptors (Lipinski definition) is 2. The maximum atomic E-state index is 14.2. The molecule has 1 aromatic carbocycles. The average molecular weight is 365 g/mol. The van der Waals surface area contributed by atoms with Crippen molar-refractivity contribution in [2.75, 3.05) is 5.32 Å². The Bertz CT molecular complexity index is 695. The molecule has 1 aromatic heterocycles. The lowest BCUT2D eigenvalue weighted by molar-refractivity contribution is -0.123. The van der Waals surface area contributed by atoms with Gasteiger partial charge in [0, 0.05) is 16.3 Å². The Morgan fingerprint density at radius 2 is 2.00 bits per heavy atom. The van der Waals surface area contributed by atoms with Crippen LogP contribution < -0.4 is 5.32 Å². The molecular weight excluding hydrogens is 347 g/mol. The van der Waals surface area contributed by atoms with Gasteiger partial charge in [-0.2, -0.15) is 0 Å². The molecule has 1 heterocycles. The van der Waals surface area contributed by atoms with Crippen molar-refractivity contribution in [3.63, 3.8) is 0 Å². The monoisotopic (exact) mass is 364 g/mol. The van der Waals surface area contributed by atoms with Crippen LogP contribution in [0.25, 0.3) is 11.3 Å².